The number of hydrogen-bond donors (Lipinski definition) is 2. The first-order valence-electron chi connectivity index (χ1n) is 10.0. The van der Waals surface area contributed by atoms with Gasteiger partial charge in [-0.1, -0.05) is 44.2 Å². The van der Waals surface area contributed by atoms with E-state index >= 15 is 0 Å². The number of carboxylic acid groups (broad SMARTS) is 1. The topological polar surface area (TPSA) is 66.4 Å². The van der Waals surface area contributed by atoms with Crippen molar-refractivity contribution in [2.24, 2.45) is 17.7 Å². The monoisotopic (exact) mass is 321 g/mol. The lowest BCUT2D eigenvalue weighted by Gasteiger charge is -2.30. The van der Waals surface area contributed by atoms with Gasteiger partial charge in [0.2, 0.25) is 5.91 Å². The second kappa shape index (κ2) is 8.14. The van der Waals surface area contributed by atoms with Crippen LogP contribution in [0.15, 0.2) is 30.3 Å². The molecular weight excluding hydrogens is 290 g/mol. The Balaban J connectivity index is 2.17. The Labute approximate surface area is 143 Å². The third-order valence-electron chi connectivity index (χ3n) is 4.42. The van der Waals surface area contributed by atoms with Crippen molar-refractivity contribution in [1.29, 1.82) is 0 Å². The van der Waals surface area contributed by atoms with E-state index in [0.717, 1.165) is 0 Å². The van der Waals surface area contributed by atoms with Crippen molar-refractivity contribution in [3.05, 3.63) is 35.9 Å². The number of hydrogen-bond acceptors (Lipinski definition) is 2. The Morgan fingerprint density at radius 1 is 1.26 bits per heavy atom. The number of amides is 1. The molecule has 1 unspecified atom stereocenters. The normalized spacial score (nSPS) is 27.6. The summed E-state index contributed by atoms with van der Waals surface area (Å²) < 4.78 is 32.8. The lowest BCUT2D eigenvalue weighted by molar-refractivity contribution is -0.142. The molecule has 2 N–H and O–H groups in total. The van der Waals surface area contributed by atoms with Gasteiger partial charge in [0, 0.05) is 16.4 Å². The van der Waals surface area contributed by atoms with Crippen LogP contribution >= 0.6 is 0 Å². The zero-order chi connectivity index (χ0) is 20.5. The zero-order valence-electron chi connectivity index (χ0n) is 17.6. The summed E-state index contributed by atoms with van der Waals surface area (Å²) >= 11 is 0. The quantitative estimate of drug-likeness (QED) is 0.845. The number of benzene rings is 1. The number of carbonyl (C=O) groups excluding carboxylic acids is 1. The van der Waals surface area contributed by atoms with Crippen LogP contribution < -0.4 is 5.32 Å². The molecule has 0 spiro atoms. The molecule has 4 heteroatoms. The van der Waals surface area contributed by atoms with Gasteiger partial charge >= 0.3 is 5.97 Å². The molecule has 0 heterocycles. The fourth-order valence-corrected chi connectivity index (χ4v) is 2.96. The average Bonchev–Trinajstić information content (AvgIpc) is 2.61. The van der Waals surface area contributed by atoms with Crippen LogP contribution in [0.4, 0.5) is 0 Å². The van der Waals surface area contributed by atoms with Gasteiger partial charge in [-0.3, -0.25) is 4.79 Å². The van der Waals surface area contributed by atoms with Gasteiger partial charge in [0.05, 0.1) is 1.37 Å². The summed E-state index contributed by atoms with van der Waals surface area (Å²) in [6.07, 6.45) is -0.252. The van der Waals surface area contributed by atoms with Gasteiger partial charge in [-0.25, -0.2) is 4.79 Å². The highest BCUT2D eigenvalue weighted by Crippen LogP contribution is 2.33. The van der Waals surface area contributed by atoms with E-state index < -0.39 is 36.1 Å². The number of carbonyl (C=O) groups is 2. The summed E-state index contributed by atoms with van der Waals surface area (Å²) in [6, 6.07) is 4.75. The first-order valence-corrected chi connectivity index (χ1v) is 8.00. The first-order chi connectivity index (χ1) is 12.4. The largest absolute Gasteiger partial charge is 0.480 e. The third kappa shape index (κ3) is 5.08. The van der Waals surface area contributed by atoms with Gasteiger partial charge < -0.3 is 10.4 Å². The number of carboxylic acids is 1. The molecule has 23 heavy (non-hydrogen) atoms. The molecule has 0 bridgehead atoms. The van der Waals surface area contributed by atoms with E-state index in [4.69, 9.17) is 5.48 Å². The van der Waals surface area contributed by atoms with Crippen molar-refractivity contribution < 1.29 is 20.2 Å². The minimum absolute atomic E-state index is 0.0161. The lowest BCUT2D eigenvalue weighted by Crippen LogP contribution is -2.45. The molecule has 0 aliphatic heterocycles. The highest BCUT2D eigenvalue weighted by molar-refractivity contribution is 5.85. The van der Waals surface area contributed by atoms with Crippen LogP contribution in [0, 0.1) is 17.7 Å². The summed E-state index contributed by atoms with van der Waals surface area (Å²) in [5.41, 5.74) is 0.0161. The van der Waals surface area contributed by atoms with E-state index in [1.165, 1.54) is 12.1 Å². The SMILES string of the molecule is [2H]C(NC(=O)[C@H]1CC[C@H](C([2H])(C)C)CC1)(C(=O)O)C([2H])([2H])c1ccccc1. The van der Waals surface area contributed by atoms with E-state index in [-0.39, 0.29) is 11.5 Å². The Morgan fingerprint density at radius 3 is 2.39 bits per heavy atom. The maximum atomic E-state index is 12.6. The predicted octanol–water partition coefficient (Wildman–Crippen LogP) is 3.26. The fraction of sp³-hybridized carbons (Fsp3) is 0.579. The third-order valence-corrected chi connectivity index (χ3v) is 4.42. The fourth-order valence-electron chi connectivity index (χ4n) is 2.96. The molecule has 1 aliphatic carbocycles. The Morgan fingerprint density at radius 2 is 1.87 bits per heavy atom. The summed E-state index contributed by atoms with van der Waals surface area (Å²) in [4.78, 5) is 24.4. The molecule has 1 saturated carbocycles. The molecule has 0 aromatic heterocycles. The number of rotatable bonds is 6. The van der Waals surface area contributed by atoms with Gasteiger partial charge in [0.25, 0.3) is 0 Å². The Hall–Kier alpha value is -1.84. The van der Waals surface area contributed by atoms with Crippen LogP contribution in [-0.2, 0) is 16.0 Å². The highest BCUT2D eigenvalue weighted by Gasteiger charge is 2.30. The summed E-state index contributed by atoms with van der Waals surface area (Å²) in [6.45, 7) is 3.68. The van der Waals surface area contributed by atoms with Crippen LogP contribution in [0.25, 0.3) is 0 Å². The molecule has 0 saturated heterocycles. The number of aliphatic carboxylic acids is 1. The second-order valence-electron chi connectivity index (χ2n) is 6.29. The van der Waals surface area contributed by atoms with Gasteiger partial charge in [0.1, 0.15) is 6.02 Å². The Bertz CT molecular complexity index is 682. The predicted molar refractivity (Wildman–Crippen MR) is 90.0 cm³/mol. The molecule has 1 aromatic carbocycles. The molecule has 1 aliphatic rings. The van der Waals surface area contributed by atoms with Gasteiger partial charge in [0.15, 0.2) is 0 Å². The molecule has 1 fully saturated rings. The van der Waals surface area contributed by atoms with Gasteiger partial charge in [-0.2, -0.15) is 0 Å². The van der Waals surface area contributed by atoms with Crippen molar-refractivity contribution in [1.82, 2.24) is 5.32 Å². The zero-order valence-corrected chi connectivity index (χ0v) is 13.6. The molecule has 1 atom stereocenters. The average molecular weight is 321 g/mol. The van der Waals surface area contributed by atoms with E-state index in [1.54, 1.807) is 18.2 Å². The second-order valence-corrected chi connectivity index (χ2v) is 6.29. The van der Waals surface area contributed by atoms with Gasteiger partial charge in [-0.15, -0.1) is 0 Å². The van der Waals surface area contributed by atoms with Crippen LogP contribution in [0.3, 0.4) is 0 Å². The van der Waals surface area contributed by atoms with Crippen molar-refractivity contribution in [2.45, 2.75) is 51.9 Å². The molecule has 1 amide bonds. The lowest BCUT2D eigenvalue weighted by atomic mass is 9.76. The first kappa shape index (κ1) is 12.6. The summed E-state index contributed by atoms with van der Waals surface area (Å²) in [5.74, 6) is -3.26. The molecular formula is C19H27NO3. The van der Waals surface area contributed by atoms with Gasteiger partial charge in [-0.05, 0) is 43.1 Å². The molecule has 2 rings (SSSR count). The van der Waals surface area contributed by atoms with Crippen LogP contribution in [0.2, 0.25) is 0 Å². The Kier molecular flexibility index (Phi) is 4.45. The molecule has 1 aromatic rings. The minimum Gasteiger partial charge on any atom is -0.480 e. The summed E-state index contributed by atoms with van der Waals surface area (Å²) in [7, 11) is 0. The van der Waals surface area contributed by atoms with Crippen LogP contribution in [0.5, 0.6) is 0 Å². The van der Waals surface area contributed by atoms with Crippen LogP contribution in [0.1, 0.15) is 50.6 Å². The van der Waals surface area contributed by atoms with Crippen molar-refractivity contribution >= 4 is 11.9 Å². The summed E-state index contributed by atoms with van der Waals surface area (Å²) in [5, 5.41) is 11.7. The van der Waals surface area contributed by atoms with E-state index in [2.05, 4.69) is 5.32 Å². The molecule has 4 nitrogen and oxygen atoms in total. The van der Waals surface area contributed by atoms with E-state index in [1.807, 2.05) is 13.8 Å². The highest BCUT2D eigenvalue weighted by atomic mass is 16.4. The standard InChI is InChI=1S/C19H27NO3/c1-13(2)15-8-10-16(11-9-15)18(21)20-17(19(22)23)12-14-6-4-3-5-7-14/h3-7,13,15-17H,8-12H2,1-2H3,(H,20,21)(H,22,23)/t15-,16-,17?/i12D2,13D,17D. The smallest absolute Gasteiger partial charge is 0.326 e. The maximum absolute atomic E-state index is 12.6. The van der Waals surface area contributed by atoms with Crippen LogP contribution in [-0.4, -0.2) is 23.0 Å². The van der Waals surface area contributed by atoms with Crippen molar-refractivity contribution in [3.8, 4) is 0 Å². The van der Waals surface area contributed by atoms with Crippen molar-refractivity contribution in [3.63, 3.8) is 0 Å². The minimum atomic E-state index is -2.84. The molecule has 0 radical (unpaired) electrons. The van der Waals surface area contributed by atoms with E-state index in [0.29, 0.717) is 25.7 Å². The maximum Gasteiger partial charge on any atom is 0.326 e. The van der Waals surface area contributed by atoms with E-state index in [9.17, 15) is 14.7 Å². The van der Waals surface area contributed by atoms with Crippen molar-refractivity contribution in [2.75, 3.05) is 0 Å². The molecule has 126 valence electrons. The number of nitrogens with one attached hydrogen (secondary N) is 1.